The number of nitrogens with zero attached hydrogens (tertiary/aromatic N) is 2. The Morgan fingerprint density at radius 1 is 0.478 bits per heavy atom. The number of ether oxygens (including phenoxy) is 1. The van der Waals surface area contributed by atoms with Gasteiger partial charge in [-0.15, -0.1) is 0 Å². The van der Waals surface area contributed by atoms with Crippen molar-refractivity contribution in [1.82, 2.24) is 0 Å². The minimum absolute atomic E-state index is 0.209. The predicted octanol–water partition coefficient (Wildman–Crippen LogP) is 11.0. The van der Waals surface area contributed by atoms with Crippen LogP contribution in [0.25, 0.3) is 11.1 Å². The maximum Gasteiger partial charge on any atom is 0.119 e. The summed E-state index contributed by atoms with van der Waals surface area (Å²) in [6.07, 6.45) is 2.63. The van der Waals surface area contributed by atoms with Gasteiger partial charge in [0.15, 0.2) is 0 Å². The zero-order valence-corrected chi connectivity index (χ0v) is 26.3. The number of para-hydroxylation sites is 2. The van der Waals surface area contributed by atoms with Gasteiger partial charge in [-0.1, -0.05) is 79.7 Å². The fourth-order valence-corrected chi connectivity index (χ4v) is 5.66. The summed E-state index contributed by atoms with van der Waals surface area (Å²) in [7, 11) is 0. The van der Waals surface area contributed by atoms with Crippen LogP contribution in [-0.2, 0) is 6.42 Å². The molecule has 1 N–H and O–H groups in total. The number of aliphatic hydroxyl groups is 1. The van der Waals surface area contributed by atoms with E-state index in [2.05, 4.69) is 150 Å². The van der Waals surface area contributed by atoms with Gasteiger partial charge in [0, 0.05) is 40.7 Å². The summed E-state index contributed by atoms with van der Waals surface area (Å²) in [5, 5.41) is 9.22. The van der Waals surface area contributed by atoms with Gasteiger partial charge in [-0.05, 0) is 121 Å². The first-order chi connectivity index (χ1) is 22.7. The van der Waals surface area contributed by atoms with Gasteiger partial charge in [-0.3, -0.25) is 0 Å². The molecule has 0 saturated carbocycles. The summed E-state index contributed by atoms with van der Waals surface area (Å²) in [6, 6.07) is 55.4. The van der Waals surface area contributed by atoms with Crippen molar-refractivity contribution in [3.8, 4) is 16.9 Å². The molecule has 0 fully saturated rings. The molecule has 4 nitrogen and oxygen atoms in total. The van der Waals surface area contributed by atoms with Gasteiger partial charge in [0.2, 0.25) is 0 Å². The van der Waals surface area contributed by atoms with Gasteiger partial charge < -0.3 is 19.6 Å². The fraction of sp³-hybridized carbons (Fsp3) is 0.143. The van der Waals surface area contributed by atoms with Crippen molar-refractivity contribution < 1.29 is 9.84 Å². The highest BCUT2D eigenvalue weighted by atomic mass is 16.5. The second-order valence-electron chi connectivity index (χ2n) is 11.3. The smallest absolute Gasteiger partial charge is 0.119 e. The van der Waals surface area contributed by atoms with Gasteiger partial charge in [0.25, 0.3) is 0 Å². The first-order valence-corrected chi connectivity index (χ1v) is 16.1. The second-order valence-corrected chi connectivity index (χ2v) is 11.3. The Morgan fingerprint density at radius 3 is 1.28 bits per heavy atom. The molecule has 0 aromatic heterocycles. The van der Waals surface area contributed by atoms with Crippen LogP contribution in [0.5, 0.6) is 5.75 Å². The van der Waals surface area contributed by atoms with Crippen LogP contribution in [0.4, 0.5) is 34.1 Å². The lowest BCUT2D eigenvalue weighted by atomic mass is 10.0. The standard InChI is InChI=1S/C42H40N2O2/c1-2-32-46-42-29-27-41(28-30-42)44(37-13-7-4-8-14-37)40-25-19-35(20-26-40)34-17-23-39(24-18-34)43(36-11-5-3-6-12-36)38-21-15-33(16-22-38)10-9-31-45/h3-8,11-30,45H,2,9-10,31-32H2,1H3. The number of aryl methyl sites for hydroxylation is 1. The highest BCUT2D eigenvalue weighted by molar-refractivity contribution is 5.80. The number of aliphatic hydroxyl groups excluding tert-OH is 1. The van der Waals surface area contributed by atoms with Gasteiger partial charge in [0.1, 0.15) is 5.75 Å². The molecule has 0 bridgehead atoms. The van der Waals surface area contributed by atoms with Crippen LogP contribution in [0.3, 0.4) is 0 Å². The molecule has 230 valence electrons. The van der Waals surface area contributed by atoms with E-state index in [1.165, 1.54) is 5.56 Å². The first kappa shape index (κ1) is 30.7. The van der Waals surface area contributed by atoms with Gasteiger partial charge in [-0.25, -0.2) is 0 Å². The van der Waals surface area contributed by atoms with Crippen LogP contribution in [0.1, 0.15) is 25.3 Å². The Kier molecular flexibility index (Phi) is 10.1. The maximum atomic E-state index is 9.22. The van der Waals surface area contributed by atoms with Gasteiger partial charge in [-0.2, -0.15) is 0 Å². The average Bonchev–Trinajstić information content (AvgIpc) is 3.13. The predicted molar refractivity (Wildman–Crippen MR) is 192 cm³/mol. The molecule has 0 amide bonds. The van der Waals surface area contributed by atoms with E-state index < -0.39 is 0 Å². The Bertz CT molecular complexity index is 1630. The lowest BCUT2D eigenvalue weighted by Crippen LogP contribution is -2.10. The zero-order chi connectivity index (χ0) is 31.6. The Labute approximate surface area is 272 Å². The normalized spacial score (nSPS) is 10.8. The van der Waals surface area contributed by atoms with Crippen molar-refractivity contribution in [3.05, 3.63) is 163 Å². The quantitative estimate of drug-likeness (QED) is 0.142. The third kappa shape index (κ3) is 7.31. The van der Waals surface area contributed by atoms with Crippen molar-refractivity contribution in [2.24, 2.45) is 0 Å². The maximum absolute atomic E-state index is 9.22. The zero-order valence-electron chi connectivity index (χ0n) is 26.3. The third-order valence-electron chi connectivity index (χ3n) is 8.00. The van der Waals surface area contributed by atoms with E-state index in [9.17, 15) is 5.11 Å². The van der Waals surface area contributed by atoms with Crippen LogP contribution in [0, 0.1) is 0 Å². The number of hydrogen-bond acceptors (Lipinski definition) is 4. The summed E-state index contributed by atoms with van der Waals surface area (Å²) >= 11 is 0. The average molecular weight is 605 g/mol. The minimum atomic E-state index is 0.209. The number of hydrogen-bond donors (Lipinski definition) is 1. The molecule has 0 unspecified atom stereocenters. The fourth-order valence-electron chi connectivity index (χ4n) is 5.66. The summed E-state index contributed by atoms with van der Waals surface area (Å²) in [4.78, 5) is 4.54. The molecule has 0 radical (unpaired) electrons. The molecule has 46 heavy (non-hydrogen) atoms. The molecule has 0 aliphatic rings. The largest absolute Gasteiger partial charge is 0.494 e. The Morgan fingerprint density at radius 2 is 0.870 bits per heavy atom. The van der Waals surface area contributed by atoms with Gasteiger partial charge >= 0.3 is 0 Å². The van der Waals surface area contributed by atoms with E-state index in [0.717, 1.165) is 70.3 Å². The van der Waals surface area contributed by atoms with Crippen molar-refractivity contribution in [1.29, 1.82) is 0 Å². The van der Waals surface area contributed by atoms with E-state index in [0.29, 0.717) is 6.61 Å². The van der Waals surface area contributed by atoms with E-state index in [4.69, 9.17) is 4.74 Å². The highest BCUT2D eigenvalue weighted by Gasteiger charge is 2.15. The van der Waals surface area contributed by atoms with Crippen LogP contribution in [-0.4, -0.2) is 18.3 Å². The number of rotatable bonds is 13. The first-order valence-electron chi connectivity index (χ1n) is 16.1. The van der Waals surface area contributed by atoms with Crippen molar-refractivity contribution in [2.75, 3.05) is 23.0 Å². The molecule has 0 atom stereocenters. The van der Waals surface area contributed by atoms with Crippen LogP contribution >= 0.6 is 0 Å². The molecule has 6 rings (SSSR count). The topological polar surface area (TPSA) is 35.9 Å². The lowest BCUT2D eigenvalue weighted by molar-refractivity contribution is 0.288. The van der Waals surface area contributed by atoms with Crippen molar-refractivity contribution >= 4 is 34.1 Å². The minimum Gasteiger partial charge on any atom is -0.494 e. The lowest BCUT2D eigenvalue weighted by Gasteiger charge is -2.26. The monoisotopic (exact) mass is 604 g/mol. The molecular weight excluding hydrogens is 564 g/mol. The van der Waals surface area contributed by atoms with Crippen molar-refractivity contribution in [2.45, 2.75) is 26.2 Å². The molecule has 0 heterocycles. The molecule has 0 aliphatic carbocycles. The molecule has 0 aliphatic heterocycles. The summed E-state index contributed by atoms with van der Waals surface area (Å²) in [5.41, 5.74) is 10.1. The van der Waals surface area contributed by atoms with Crippen LogP contribution < -0.4 is 14.5 Å². The molecule has 6 aromatic rings. The van der Waals surface area contributed by atoms with Crippen LogP contribution in [0.15, 0.2) is 158 Å². The SMILES string of the molecule is CCCOc1ccc(N(c2ccccc2)c2ccc(-c3ccc(N(c4ccccc4)c4ccc(CCCO)cc4)cc3)cc2)cc1. The van der Waals surface area contributed by atoms with Gasteiger partial charge in [0.05, 0.1) is 6.61 Å². The summed E-state index contributed by atoms with van der Waals surface area (Å²) in [5.74, 6) is 0.887. The highest BCUT2D eigenvalue weighted by Crippen LogP contribution is 2.38. The third-order valence-corrected chi connectivity index (χ3v) is 8.00. The van der Waals surface area contributed by atoms with E-state index in [1.807, 2.05) is 24.3 Å². The second kappa shape index (κ2) is 15.1. The van der Waals surface area contributed by atoms with Crippen molar-refractivity contribution in [3.63, 3.8) is 0 Å². The molecule has 4 heteroatoms. The van der Waals surface area contributed by atoms with Crippen LogP contribution in [0.2, 0.25) is 0 Å². The Balaban J connectivity index is 1.26. The Hall–Kier alpha value is -5.32. The number of benzene rings is 6. The van der Waals surface area contributed by atoms with E-state index in [-0.39, 0.29) is 6.61 Å². The van der Waals surface area contributed by atoms with E-state index in [1.54, 1.807) is 0 Å². The molecular formula is C42H40N2O2. The summed E-state index contributed by atoms with van der Waals surface area (Å²) in [6.45, 7) is 3.04. The summed E-state index contributed by atoms with van der Waals surface area (Å²) < 4.78 is 5.83. The van der Waals surface area contributed by atoms with E-state index >= 15 is 0 Å². The molecule has 6 aromatic carbocycles. The number of anilines is 6. The molecule has 0 saturated heterocycles. The molecule has 0 spiro atoms.